The van der Waals surface area contributed by atoms with E-state index >= 15 is 0 Å². The summed E-state index contributed by atoms with van der Waals surface area (Å²) >= 11 is 11.9. The molecule has 0 aromatic heterocycles. The molecule has 1 aliphatic rings. The van der Waals surface area contributed by atoms with Gasteiger partial charge in [0.05, 0.1) is 15.6 Å². The van der Waals surface area contributed by atoms with Gasteiger partial charge in [-0.05, 0) is 50.3 Å². The van der Waals surface area contributed by atoms with Crippen LogP contribution in [0.15, 0.2) is 18.2 Å². The molecule has 1 fully saturated rings. The van der Waals surface area contributed by atoms with Crippen molar-refractivity contribution >= 4 is 23.2 Å². The van der Waals surface area contributed by atoms with Crippen LogP contribution in [0.2, 0.25) is 10.0 Å². The average molecular weight is 288 g/mol. The van der Waals surface area contributed by atoms with Crippen LogP contribution in [-0.2, 0) is 11.2 Å². The quantitative estimate of drug-likeness (QED) is 0.917. The van der Waals surface area contributed by atoms with E-state index in [-0.39, 0.29) is 11.6 Å². The number of nitrogens with two attached hydrogens (primary N) is 1. The van der Waals surface area contributed by atoms with Crippen LogP contribution in [0.3, 0.4) is 0 Å². The fourth-order valence-electron chi connectivity index (χ4n) is 2.38. The van der Waals surface area contributed by atoms with E-state index in [9.17, 15) is 0 Å². The summed E-state index contributed by atoms with van der Waals surface area (Å²) in [6.45, 7) is 2.92. The van der Waals surface area contributed by atoms with Gasteiger partial charge in [0.25, 0.3) is 0 Å². The molecule has 2 nitrogen and oxygen atoms in total. The van der Waals surface area contributed by atoms with Gasteiger partial charge in [0.15, 0.2) is 0 Å². The van der Waals surface area contributed by atoms with Gasteiger partial charge in [0.1, 0.15) is 0 Å². The lowest BCUT2D eigenvalue weighted by molar-refractivity contribution is -0.0808. The second-order valence-electron chi connectivity index (χ2n) is 5.18. The molecule has 0 spiro atoms. The number of ether oxygens (including phenoxy) is 1. The van der Waals surface area contributed by atoms with Crippen LogP contribution >= 0.6 is 23.2 Å². The first-order valence-corrected chi connectivity index (χ1v) is 7.10. The Hall–Kier alpha value is -0.280. The first-order chi connectivity index (χ1) is 8.51. The lowest BCUT2D eigenvalue weighted by atomic mass is 9.85. The maximum Gasteiger partial charge on any atom is 0.0807 e. The molecule has 2 unspecified atom stereocenters. The van der Waals surface area contributed by atoms with Crippen molar-refractivity contribution in [2.75, 3.05) is 6.61 Å². The van der Waals surface area contributed by atoms with E-state index in [1.807, 2.05) is 18.2 Å². The average Bonchev–Trinajstić information content (AvgIpc) is 2.35. The zero-order valence-electron chi connectivity index (χ0n) is 10.6. The van der Waals surface area contributed by atoms with Crippen molar-refractivity contribution in [2.45, 2.75) is 44.2 Å². The second kappa shape index (κ2) is 5.79. The van der Waals surface area contributed by atoms with Gasteiger partial charge in [-0.25, -0.2) is 0 Å². The van der Waals surface area contributed by atoms with Crippen LogP contribution in [-0.4, -0.2) is 18.2 Å². The molecule has 0 saturated carbocycles. The summed E-state index contributed by atoms with van der Waals surface area (Å²) in [6.07, 6.45) is 4.10. The van der Waals surface area contributed by atoms with E-state index in [0.29, 0.717) is 10.0 Å². The van der Waals surface area contributed by atoms with Crippen molar-refractivity contribution in [3.8, 4) is 0 Å². The summed E-state index contributed by atoms with van der Waals surface area (Å²) in [4.78, 5) is 0. The molecule has 1 saturated heterocycles. The van der Waals surface area contributed by atoms with Gasteiger partial charge in [-0.2, -0.15) is 0 Å². The first-order valence-electron chi connectivity index (χ1n) is 6.35. The van der Waals surface area contributed by atoms with Gasteiger partial charge in [-0.15, -0.1) is 0 Å². The maximum atomic E-state index is 6.30. The lowest BCUT2D eigenvalue weighted by Gasteiger charge is -2.39. The van der Waals surface area contributed by atoms with Crippen LogP contribution in [0.1, 0.15) is 31.7 Å². The lowest BCUT2D eigenvalue weighted by Crippen LogP contribution is -2.50. The highest BCUT2D eigenvalue weighted by Gasteiger charge is 2.34. The molecule has 0 amide bonds. The third-order valence-electron chi connectivity index (χ3n) is 3.72. The number of benzene rings is 1. The van der Waals surface area contributed by atoms with Crippen LogP contribution in [0.4, 0.5) is 0 Å². The van der Waals surface area contributed by atoms with Gasteiger partial charge in [-0.3, -0.25) is 0 Å². The van der Waals surface area contributed by atoms with Crippen LogP contribution in [0.25, 0.3) is 0 Å². The van der Waals surface area contributed by atoms with Gasteiger partial charge in [0, 0.05) is 12.6 Å². The minimum atomic E-state index is -0.218. The highest BCUT2D eigenvalue weighted by Crippen LogP contribution is 2.29. The summed E-state index contributed by atoms with van der Waals surface area (Å²) in [7, 11) is 0. The smallest absolute Gasteiger partial charge is 0.0807 e. The topological polar surface area (TPSA) is 35.2 Å². The second-order valence-corrected chi connectivity index (χ2v) is 5.99. The van der Waals surface area contributed by atoms with Gasteiger partial charge in [-0.1, -0.05) is 29.3 Å². The molecule has 0 radical (unpaired) electrons. The molecule has 0 aliphatic carbocycles. The van der Waals surface area contributed by atoms with Gasteiger partial charge in [0.2, 0.25) is 0 Å². The Morgan fingerprint density at radius 2 is 2.11 bits per heavy atom. The van der Waals surface area contributed by atoms with Crippen molar-refractivity contribution in [1.82, 2.24) is 0 Å². The summed E-state index contributed by atoms with van der Waals surface area (Å²) in [5.41, 5.74) is 7.19. The normalized spacial score (nSPS) is 26.0. The predicted molar refractivity (Wildman–Crippen MR) is 76.3 cm³/mol. The van der Waals surface area contributed by atoms with Crippen molar-refractivity contribution in [2.24, 2.45) is 5.73 Å². The molecule has 0 bridgehead atoms. The number of halogens is 2. The molecule has 18 heavy (non-hydrogen) atoms. The Labute approximate surface area is 118 Å². The fraction of sp³-hybridized carbons (Fsp3) is 0.571. The van der Waals surface area contributed by atoms with E-state index in [4.69, 9.17) is 33.7 Å². The third-order valence-corrected chi connectivity index (χ3v) is 4.46. The molecule has 2 atom stereocenters. The van der Waals surface area contributed by atoms with E-state index in [0.717, 1.165) is 31.4 Å². The van der Waals surface area contributed by atoms with E-state index in [1.165, 1.54) is 6.42 Å². The van der Waals surface area contributed by atoms with E-state index in [2.05, 4.69) is 6.92 Å². The molecular formula is C14H19Cl2NO. The van der Waals surface area contributed by atoms with E-state index < -0.39 is 0 Å². The highest BCUT2D eigenvalue weighted by atomic mass is 35.5. The van der Waals surface area contributed by atoms with Crippen molar-refractivity contribution in [3.63, 3.8) is 0 Å². The largest absolute Gasteiger partial charge is 0.374 e. The van der Waals surface area contributed by atoms with Crippen LogP contribution < -0.4 is 5.73 Å². The number of hydrogen-bond donors (Lipinski definition) is 1. The van der Waals surface area contributed by atoms with Crippen molar-refractivity contribution in [3.05, 3.63) is 33.8 Å². The molecular weight excluding hydrogens is 269 g/mol. The van der Waals surface area contributed by atoms with Crippen LogP contribution in [0.5, 0.6) is 0 Å². The van der Waals surface area contributed by atoms with Crippen LogP contribution in [0, 0.1) is 0 Å². The summed E-state index contributed by atoms with van der Waals surface area (Å²) in [5, 5.41) is 1.16. The van der Waals surface area contributed by atoms with E-state index in [1.54, 1.807) is 0 Å². The zero-order valence-corrected chi connectivity index (χ0v) is 12.1. The molecule has 1 aliphatic heterocycles. The molecule has 4 heteroatoms. The Bertz CT molecular complexity index is 416. The molecule has 100 valence electrons. The summed E-state index contributed by atoms with van der Waals surface area (Å²) in [5.74, 6) is 0. The predicted octanol–water partition coefficient (Wildman–Crippen LogP) is 3.82. The molecule has 1 aromatic rings. The monoisotopic (exact) mass is 287 g/mol. The highest BCUT2D eigenvalue weighted by molar-refractivity contribution is 6.42. The molecule has 2 rings (SSSR count). The Morgan fingerprint density at radius 1 is 1.33 bits per heavy atom. The Morgan fingerprint density at radius 3 is 2.72 bits per heavy atom. The SMILES string of the molecule is CC1(C(N)Cc2ccc(Cl)c(Cl)c2)CCCCO1. The first kappa shape index (κ1) is 14.1. The Balaban J connectivity index is 2.05. The molecule has 1 aromatic carbocycles. The third kappa shape index (κ3) is 3.18. The van der Waals surface area contributed by atoms with Crippen molar-refractivity contribution in [1.29, 1.82) is 0 Å². The summed E-state index contributed by atoms with van der Waals surface area (Å²) in [6, 6.07) is 5.65. The van der Waals surface area contributed by atoms with Gasteiger partial charge >= 0.3 is 0 Å². The summed E-state index contributed by atoms with van der Waals surface area (Å²) < 4.78 is 5.87. The Kier molecular flexibility index (Phi) is 4.54. The number of hydrogen-bond acceptors (Lipinski definition) is 2. The minimum Gasteiger partial charge on any atom is -0.374 e. The molecule has 1 heterocycles. The minimum absolute atomic E-state index is 0.0185. The maximum absolute atomic E-state index is 6.30. The number of rotatable bonds is 3. The standard InChI is InChI=1S/C14H19Cl2NO/c1-14(6-2-3-7-18-14)13(17)9-10-4-5-11(15)12(16)8-10/h4-5,8,13H,2-3,6-7,9,17H2,1H3. The zero-order chi connectivity index (χ0) is 13.2. The molecule has 2 N–H and O–H groups in total. The van der Waals surface area contributed by atoms with Crippen molar-refractivity contribution < 1.29 is 4.74 Å². The van der Waals surface area contributed by atoms with Gasteiger partial charge < -0.3 is 10.5 Å². The fourth-order valence-corrected chi connectivity index (χ4v) is 2.71.